The highest BCUT2D eigenvalue weighted by atomic mass is 79.9. The van der Waals surface area contributed by atoms with Crippen LogP contribution in [0.2, 0.25) is 0 Å². The summed E-state index contributed by atoms with van der Waals surface area (Å²) in [5, 5.41) is 0. The van der Waals surface area contributed by atoms with Gasteiger partial charge in [-0.1, -0.05) is 80.4 Å². The topological polar surface area (TPSA) is 0 Å². The molecule has 2 aliphatic carbocycles. The second kappa shape index (κ2) is 4.25. The normalized spacial score (nSPS) is 38.6. The van der Waals surface area contributed by atoms with E-state index < -0.39 is 3.78 Å². The number of benzene rings is 1. The summed E-state index contributed by atoms with van der Waals surface area (Å²) in [4.78, 5) is 0.328. The van der Waals surface area contributed by atoms with Crippen LogP contribution in [0.3, 0.4) is 0 Å². The lowest BCUT2D eigenvalue weighted by Crippen LogP contribution is -2.36. The average Bonchev–Trinajstić information content (AvgIpc) is 2.37. The van der Waals surface area contributed by atoms with E-state index in [1.54, 1.807) is 0 Å². The molecule has 0 aromatic heterocycles. The Balaban J connectivity index is 2.21. The van der Waals surface area contributed by atoms with Gasteiger partial charge in [-0.2, -0.15) is 0 Å². The molecule has 17 heavy (non-hydrogen) atoms. The van der Waals surface area contributed by atoms with Gasteiger partial charge in [0.25, 0.3) is 0 Å². The molecule has 0 saturated carbocycles. The van der Waals surface area contributed by atoms with Crippen LogP contribution in [0.1, 0.15) is 16.0 Å². The van der Waals surface area contributed by atoms with Gasteiger partial charge in [0.2, 0.25) is 0 Å². The SMILES string of the molecule is Cl[C@]1(Br)c2ccccc2[C@H](Br)[C@@H]2C=CC=C[C@@H]21. The highest BCUT2D eigenvalue weighted by Gasteiger charge is 2.47. The van der Waals surface area contributed by atoms with E-state index in [-0.39, 0.29) is 5.92 Å². The molecule has 88 valence electrons. The van der Waals surface area contributed by atoms with Crippen LogP contribution < -0.4 is 0 Å². The van der Waals surface area contributed by atoms with Crippen molar-refractivity contribution < 1.29 is 0 Å². The molecule has 0 radical (unpaired) electrons. The van der Waals surface area contributed by atoms with Crippen LogP contribution >= 0.6 is 43.5 Å². The molecule has 0 heterocycles. The first-order chi connectivity index (χ1) is 8.12. The number of alkyl halides is 3. The van der Waals surface area contributed by atoms with Crippen LogP contribution in [-0.2, 0) is 3.78 Å². The Kier molecular flexibility index (Phi) is 3.00. The Labute approximate surface area is 123 Å². The maximum absolute atomic E-state index is 6.75. The van der Waals surface area contributed by atoms with Crippen molar-refractivity contribution in [2.24, 2.45) is 11.8 Å². The van der Waals surface area contributed by atoms with Crippen molar-refractivity contribution in [2.45, 2.75) is 8.61 Å². The number of halogens is 3. The molecule has 1 aromatic rings. The summed E-state index contributed by atoms with van der Waals surface area (Å²) in [6, 6.07) is 8.36. The van der Waals surface area contributed by atoms with Gasteiger partial charge in [-0.05, 0) is 11.1 Å². The van der Waals surface area contributed by atoms with Crippen LogP contribution in [-0.4, -0.2) is 0 Å². The number of rotatable bonds is 0. The summed E-state index contributed by atoms with van der Waals surface area (Å²) in [6.07, 6.45) is 8.60. The van der Waals surface area contributed by atoms with E-state index in [0.717, 1.165) is 0 Å². The van der Waals surface area contributed by atoms with Gasteiger partial charge in [0.05, 0.1) is 0 Å². The number of hydrogen-bond donors (Lipinski definition) is 0. The van der Waals surface area contributed by atoms with Crippen LogP contribution in [0.15, 0.2) is 48.6 Å². The van der Waals surface area contributed by atoms with Crippen LogP contribution in [0.5, 0.6) is 0 Å². The Morgan fingerprint density at radius 2 is 1.82 bits per heavy atom. The number of fused-ring (bicyclic) bond motifs is 2. The molecule has 0 fully saturated rings. The van der Waals surface area contributed by atoms with Gasteiger partial charge in [-0.15, -0.1) is 11.6 Å². The monoisotopic (exact) mass is 372 g/mol. The van der Waals surface area contributed by atoms with Crippen molar-refractivity contribution in [3.63, 3.8) is 0 Å². The highest BCUT2D eigenvalue weighted by molar-refractivity contribution is 9.10. The fourth-order valence-electron chi connectivity index (χ4n) is 2.69. The lowest BCUT2D eigenvalue weighted by atomic mass is 9.73. The smallest absolute Gasteiger partial charge is 0.101 e. The fraction of sp³-hybridized carbons (Fsp3) is 0.286. The molecule has 0 saturated heterocycles. The predicted octanol–water partition coefficient (Wildman–Crippen LogP) is 5.28. The molecule has 0 aliphatic heterocycles. The zero-order valence-electron chi connectivity index (χ0n) is 8.98. The van der Waals surface area contributed by atoms with Crippen molar-refractivity contribution in [1.82, 2.24) is 0 Å². The first kappa shape index (κ1) is 12.0. The maximum Gasteiger partial charge on any atom is 0.131 e. The quantitative estimate of drug-likeness (QED) is 0.542. The van der Waals surface area contributed by atoms with Gasteiger partial charge in [-0.25, -0.2) is 0 Å². The lowest BCUT2D eigenvalue weighted by Gasteiger charge is -2.43. The van der Waals surface area contributed by atoms with Crippen LogP contribution in [0.25, 0.3) is 0 Å². The number of allylic oxidation sites excluding steroid dienone is 4. The zero-order valence-corrected chi connectivity index (χ0v) is 12.9. The van der Waals surface area contributed by atoms with Crippen molar-refractivity contribution in [3.8, 4) is 0 Å². The first-order valence-corrected chi connectivity index (χ1v) is 7.67. The minimum Gasteiger partial charge on any atom is -0.101 e. The maximum atomic E-state index is 6.75. The standard InChI is InChI=1S/C14H11Br2Cl/c15-13-9-5-1-3-7-11(9)14(16,17)12-8-4-2-6-10(12)13/h1-9,11,13H/t9-,11+,13-,14+/m1/s1. The van der Waals surface area contributed by atoms with Gasteiger partial charge in [-0.3, -0.25) is 0 Å². The van der Waals surface area contributed by atoms with Crippen molar-refractivity contribution >= 4 is 43.5 Å². The predicted molar refractivity (Wildman–Crippen MR) is 79.8 cm³/mol. The third kappa shape index (κ3) is 1.76. The molecule has 4 atom stereocenters. The molecule has 0 amide bonds. The molecule has 0 N–H and O–H groups in total. The fourth-order valence-corrected chi connectivity index (χ4v) is 4.81. The number of hydrogen-bond acceptors (Lipinski definition) is 0. The lowest BCUT2D eigenvalue weighted by molar-refractivity contribution is 0.405. The summed E-state index contributed by atoms with van der Waals surface area (Å²) in [5.41, 5.74) is 2.45. The average molecular weight is 375 g/mol. The van der Waals surface area contributed by atoms with E-state index in [4.69, 9.17) is 11.6 Å². The molecule has 0 bridgehead atoms. The summed E-state index contributed by atoms with van der Waals surface area (Å²) in [6.45, 7) is 0. The molecule has 3 rings (SSSR count). The van der Waals surface area contributed by atoms with Crippen molar-refractivity contribution in [3.05, 3.63) is 59.7 Å². The van der Waals surface area contributed by atoms with E-state index in [2.05, 4.69) is 74.4 Å². The molecule has 0 spiro atoms. The molecule has 0 unspecified atom stereocenters. The second-order valence-electron chi connectivity index (χ2n) is 4.48. The molecule has 0 nitrogen and oxygen atoms in total. The van der Waals surface area contributed by atoms with E-state index in [1.807, 2.05) is 6.07 Å². The van der Waals surface area contributed by atoms with E-state index in [1.165, 1.54) is 11.1 Å². The molecule has 2 aliphatic rings. The summed E-state index contributed by atoms with van der Waals surface area (Å²) >= 11 is 14.3. The first-order valence-electron chi connectivity index (χ1n) is 5.58. The largest absolute Gasteiger partial charge is 0.131 e. The summed E-state index contributed by atoms with van der Waals surface area (Å²) < 4.78 is -0.500. The molecular weight excluding hydrogens is 363 g/mol. The third-order valence-corrected chi connectivity index (χ3v) is 6.07. The highest BCUT2D eigenvalue weighted by Crippen LogP contribution is 2.58. The Morgan fingerprint density at radius 1 is 1.12 bits per heavy atom. The molecule has 3 heteroatoms. The van der Waals surface area contributed by atoms with Gasteiger partial charge >= 0.3 is 0 Å². The summed E-state index contributed by atoms with van der Waals surface area (Å²) in [7, 11) is 0. The van der Waals surface area contributed by atoms with Gasteiger partial charge < -0.3 is 0 Å². The van der Waals surface area contributed by atoms with E-state index >= 15 is 0 Å². The van der Waals surface area contributed by atoms with Gasteiger partial charge in [0.1, 0.15) is 3.78 Å². The van der Waals surface area contributed by atoms with Crippen LogP contribution in [0, 0.1) is 11.8 Å². The Bertz CT molecular complexity index is 505. The Morgan fingerprint density at radius 3 is 2.65 bits per heavy atom. The van der Waals surface area contributed by atoms with Gasteiger partial charge in [0.15, 0.2) is 0 Å². The third-order valence-electron chi connectivity index (χ3n) is 3.55. The van der Waals surface area contributed by atoms with E-state index in [0.29, 0.717) is 10.7 Å². The van der Waals surface area contributed by atoms with Crippen molar-refractivity contribution in [2.75, 3.05) is 0 Å². The molecular formula is C14H11Br2Cl. The van der Waals surface area contributed by atoms with Crippen LogP contribution in [0.4, 0.5) is 0 Å². The minimum absolute atomic E-state index is 0.272. The van der Waals surface area contributed by atoms with Crippen molar-refractivity contribution in [1.29, 1.82) is 0 Å². The minimum atomic E-state index is -0.500. The van der Waals surface area contributed by atoms with Gasteiger partial charge in [0, 0.05) is 16.7 Å². The zero-order chi connectivity index (χ0) is 12.0. The summed E-state index contributed by atoms with van der Waals surface area (Å²) in [5.74, 6) is 0.667. The second-order valence-corrected chi connectivity index (χ2v) is 7.77. The molecule has 1 aromatic carbocycles. The Hall–Kier alpha value is -0.0500. The van der Waals surface area contributed by atoms with E-state index in [9.17, 15) is 0 Å².